The predicted octanol–water partition coefficient (Wildman–Crippen LogP) is 3.42. The summed E-state index contributed by atoms with van der Waals surface area (Å²) in [5.74, 6) is 0.0447. The highest BCUT2D eigenvalue weighted by molar-refractivity contribution is 9.11. The Bertz CT molecular complexity index is 421. The van der Waals surface area contributed by atoms with Gasteiger partial charge in [0.25, 0.3) is 5.91 Å². The van der Waals surface area contributed by atoms with Crippen molar-refractivity contribution < 1.29 is 4.79 Å². The van der Waals surface area contributed by atoms with E-state index in [0.717, 1.165) is 20.8 Å². The maximum Gasteiger partial charge on any atom is 0.261 e. The zero-order chi connectivity index (χ0) is 13.8. The second-order valence-corrected chi connectivity index (χ2v) is 7.67. The third-order valence-corrected chi connectivity index (χ3v) is 5.57. The molecule has 1 unspecified atom stereocenters. The molecule has 1 N–H and O–H groups in total. The van der Waals surface area contributed by atoms with Crippen molar-refractivity contribution in [3.8, 4) is 0 Å². The van der Waals surface area contributed by atoms with Crippen LogP contribution in [0.15, 0.2) is 9.85 Å². The fourth-order valence-electron chi connectivity index (χ4n) is 2.44. The number of nitrogens with one attached hydrogen (secondary N) is 1. The first kappa shape index (κ1) is 15.0. The predicted molar refractivity (Wildman–Crippen MR) is 84.0 cm³/mol. The number of piperidine rings is 1. The highest BCUT2D eigenvalue weighted by atomic mass is 79.9. The van der Waals surface area contributed by atoms with Crippen LogP contribution in [0.1, 0.15) is 41.4 Å². The molecule has 3 nitrogen and oxygen atoms in total. The minimum absolute atomic E-state index is 0.0447. The summed E-state index contributed by atoms with van der Waals surface area (Å²) < 4.78 is 1.04. The second kappa shape index (κ2) is 6.86. The molecule has 0 spiro atoms. The Hall–Kier alpha value is -0.390. The van der Waals surface area contributed by atoms with Gasteiger partial charge in [0, 0.05) is 12.6 Å². The molecule has 19 heavy (non-hydrogen) atoms. The first-order valence-corrected chi connectivity index (χ1v) is 8.46. The topological polar surface area (TPSA) is 32.3 Å². The molecule has 0 aliphatic carbocycles. The third kappa shape index (κ3) is 4.29. The van der Waals surface area contributed by atoms with E-state index in [9.17, 15) is 4.79 Å². The standard InChI is InChI=1S/C14H21BrN2OS/c1-10-8-12(19-13(10)15)14(18)16-11(2)9-17-6-4-3-5-7-17/h8,11H,3-7,9H2,1-2H3,(H,16,18). The van der Waals surface area contributed by atoms with Crippen molar-refractivity contribution in [3.05, 3.63) is 20.3 Å². The number of halogens is 1. The van der Waals surface area contributed by atoms with E-state index in [-0.39, 0.29) is 11.9 Å². The zero-order valence-corrected chi connectivity index (χ0v) is 13.9. The van der Waals surface area contributed by atoms with E-state index < -0.39 is 0 Å². The molecule has 0 radical (unpaired) electrons. The zero-order valence-electron chi connectivity index (χ0n) is 11.5. The summed E-state index contributed by atoms with van der Waals surface area (Å²) in [7, 11) is 0. The summed E-state index contributed by atoms with van der Waals surface area (Å²) in [5, 5.41) is 3.09. The number of nitrogens with zero attached hydrogens (tertiary/aromatic N) is 1. The van der Waals surface area contributed by atoms with Gasteiger partial charge in [0.05, 0.1) is 8.66 Å². The lowest BCUT2D eigenvalue weighted by atomic mass is 10.1. The number of rotatable bonds is 4. The van der Waals surface area contributed by atoms with E-state index in [4.69, 9.17) is 0 Å². The molecule has 1 aliphatic heterocycles. The van der Waals surface area contributed by atoms with E-state index in [0.29, 0.717) is 0 Å². The smallest absolute Gasteiger partial charge is 0.261 e. The van der Waals surface area contributed by atoms with E-state index >= 15 is 0 Å². The Kier molecular flexibility index (Phi) is 5.42. The fraction of sp³-hybridized carbons (Fsp3) is 0.643. The van der Waals surface area contributed by atoms with Gasteiger partial charge in [-0.1, -0.05) is 6.42 Å². The first-order chi connectivity index (χ1) is 9.06. The lowest BCUT2D eigenvalue weighted by Gasteiger charge is -2.29. The Morgan fingerprint density at radius 1 is 1.47 bits per heavy atom. The van der Waals surface area contributed by atoms with Crippen LogP contribution >= 0.6 is 27.3 Å². The number of hydrogen-bond donors (Lipinski definition) is 1. The van der Waals surface area contributed by atoms with Crippen LogP contribution in [0, 0.1) is 6.92 Å². The number of carbonyl (C=O) groups excluding carboxylic acids is 1. The molecule has 1 amide bonds. The molecule has 1 atom stereocenters. The molecule has 1 saturated heterocycles. The molecule has 0 aromatic carbocycles. The number of amides is 1. The van der Waals surface area contributed by atoms with Gasteiger partial charge >= 0.3 is 0 Å². The molecule has 0 bridgehead atoms. The van der Waals surface area contributed by atoms with Crippen LogP contribution in [-0.2, 0) is 0 Å². The first-order valence-electron chi connectivity index (χ1n) is 6.85. The molecule has 5 heteroatoms. The minimum atomic E-state index is 0.0447. The van der Waals surface area contributed by atoms with E-state index in [1.165, 1.54) is 43.7 Å². The number of aryl methyl sites for hydroxylation is 1. The van der Waals surface area contributed by atoms with Crippen molar-refractivity contribution in [2.75, 3.05) is 19.6 Å². The van der Waals surface area contributed by atoms with Crippen LogP contribution < -0.4 is 5.32 Å². The Morgan fingerprint density at radius 3 is 2.74 bits per heavy atom. The van der Waals surface area contributed by atoms with Crippen molar-refractivity contribution in [3.63, 3.8) is 0 Å². The van der Waals surface area contributed by atoms with Gasteiger partial charge in [-0.2, -0.15) is 0 Å². The van der Waals surface area contributed by atoms with E-state index in [1.807, 2.05) is 13.0 Å². The van der Waals surface area contributed by atoms with Gasteiger partial charge in [-0.25, -0.2) is 0 Å². The van der Waals surface area contributed by atoms with Crippen LogP contribution in [0.5, 0.6) is 0 Å². The molecule has 1 aromatic heterocycles. The number of likely N-dealkylation sites (tertiary alicyclic amines) is 1. The van der Waals surface area contributed by atoms with Crippen LogP contribution in [0.2, 0.25) is 0 Å². The Balaban J connectivity index is 1.84. The molecule has 2 heterocycles. The van der Waals surface area contributed by atoms with Crippen molar-refractivity contribution >= 4 is 33.2 Å². The lowest BCUT2D eigenvalue weighted by molar-refractivity contribution is 0.0929. The molecule has 1 aliphatic rings. The average Bonchev–Trinajstić information content (AvgIpc) is 2.71. The highest BCUT2D eigenvalue weighted by Crippen LogP contribution is 2.27. The van der Waals surface area contributed by atoms with Gasteiger partial charge in [-0.15, -0.1) is 11.3 Å². The number of carbonyl (C=O) groups is 1. The SMILES string of the molecule is Cc1cc(C(=O)NC(C)CN2CCCCC2)sc1Br. The summed E-state index contributed by atoms with van der Waals surface area (Å²) in [6, 6.07) is 2.14. The minimum Gasteiger partial charge on any atom is -0.348 e. The second-order valence-electron chi connectivity index (χ2n) is 5.30. The average molecular weight is 345 g/mol. The van der Waals surface area contributed by atoms with Crippen LogP contribution in [-0.4, -0.2) is 36.5 Å². The fourth-order valence-corrected chi connectivity index (χ4v) is 3.88. The molecule has 0 saturated carbocycles. The van der Waals surface area contributed by atoms with Gasteiger partial charge in [0.15, 0.2) is 0 Å². The molecule has 1 fully saturated rings. The highest BCUT2D eigenvalue weighted by Gasteiger charge is 2.17. The summed E-state index contributed by atoms with van der Waals surface area (Å²) in [5.41, 5.74) is 1.12. The van der Waals surface area contributed by atoms with Gasteiger partial charge in [0.1, 0.15) is 0 Å². The van der Waals surface area contributed by atoms with Crippen molar-refractivity contribution in [1.82, 2.24) is 10.2 Å². The van der Waals surface area contributed by atoms with Crippen molar-refractivity contribution in [2.45, 2.75) is 39.2 Å². The summed E-state index contributed by atoms with van der Waals surface area (Å²) in [6.45, 7) is 7.39. The van der Waals surface area contributed by atoms with Gasteiger partial charge in [0.2, 0.25) is 0 Å². The summed E-state index contributed by atoms with van der Waals surface area (Å²) in [4.78, 5) is 15.4. The van der Waals surface area contributed by atoms with Gasteiger partial charge < -0.3 is 10.2 Å². The maximum atomic E-state index is 12.1. The lowest BCUT2D eigenvalue weighted by Crippen LogP contribution is -2.43. The maximum absolute atomic E-state index is 12.1. The molecular weight excluding hydrogens is 324 g/mol. The summed E-state index contributed by atoms with van der Waals surface area (Å²) in [6.07, 6.45) is 3.93. The van der Waals surface area contributed by atoms with Crippen molar-refractivity contribution in [2.24, 2.45) is 0 Å². The number of hydrogen-bond acceptors (Lipinski definition) is 3. The normalized spacial score (nSPS) is 18.3. The van der Waals surface area contributed by atoms with Crippen molar-refractivity contribution in [1.29, 1.82) is 0 Å². The summed E-state index contributed by atoms with van der Waals surface area (Å²) >= 11 is 4.96. The van der Waals surface area contributed by atoms with E-state index in [2.05, 4.69) is 33.1 Å². The van der Waals surface area contributed by atoms with Gasteiger partial charge in [-0.05, 0) is 67.3 Å². The largest absolute Gasteiger partial charge is 0.348 e. The van der Waals surface area contributed by atoms with Crippen LogP contribution in [0.25, 0.3) is 0 Å². The Morgan fingerprint density at radius 2 is 2.16 bits per heavy atom. The van der Waals surface area contributed by atoms with E-state index in [1.54, 1.807) is 0 Å². The molecule has 2 rings (SSSR count). The monoisotopic (exact) mass is 344 g/mol. The molecule has 106 valence electrons. The van der Waals surface area contributed by atoms with Crippen LogP contribution in [0.3, 0.4) is 0 Å². The third-order valence-electron chi connectivity index (χ3n) is 3.44. The Labute approximate surface area is 127 Å². The van der Waals surface area contributed by atoms with Crippen LogP contribution in [0.4, 0.5) is 0 Å². The molecule has 1 aromatic rings. The molecular formula is C14H21BrN2OS. The number of thiophene rings is 1. The van der Waals surface area contributed by atoms with Gasteiger partial charge in [-0.3, -0.25) is 4.79 Å². The quantitative estimate of drug-likeness (QED) is 0.907.